The predicted octanol–water partition coefficient (Wildman–Crippen LogP) is 2.63. The van der Waals surface area contributed by atoms with Crippen LogP contribution in [-0.2, 0) is 12.8 Å². The van der Waals surface area contributed by atoms with Crippen molar-refractivity contribution in [2.24, 2.45) is 0 Å². The van der Waals surface area contributed by atoms with Crippen LogP contribution in [0.4, 0.5) is 0 Å². The van der Waals surface area contributed by atoms with E-state index in [9.17, 15) is 0 Å². The summed E-state index contributed by atoms with van der Waals surface area (Å²) in [6.45, 7) is 0. The van der Waals surface area contributed by atoms with E-state index < -0.39 is 0 Å². The van der Waals surface area contributed by atoms with Crippen LogP contribution in [0.2, 0.25) is 0 Å². The summed E-state index contributed by atoms with van der Waals surface area (Å²) in [4.78, 5) is 0. The first-order valence-electron chi connectivity index (χ1n) is 5.34. The maximum absolute atomic E-state index is 4.29. The van der Waals surface area contributed by atoms with E-state index in [1.165, 1.54) is 17.7 Å². The first kappa shape index (κ1) is 8.60. The van der Waals surface area contributed by atoms with E-state index in [-0.39, 0.29) is 0 Å². The van der Waals surface area contributed by atoms with Crippen LogP contribution in [0, 0.1) is 0 Å². The first-order chi connectivity index (χ1) is 7.43. The van der Waals surface area contributed by atoms with Gasteiger partial charge in [-0.05, 0) is 30.9 Å². The summed E-state index contributed by atoms with van der Waals surface area (Å²) in [5.74, 6) is 0. The summed E-state index contributed by atoms with van der Waals surface area (Å²) in [6.07, 6.45) is 3.48. The Balaban J connectivity index is 2.07. The molecule has 2 aromatic rings. The first-order valence-corrected chi connectivity index (χ1v) is 5.34. The number of hydrogen-bond donors (Lipinski definition) is 0. The zero-order valence-corrected chi connectivity index (χ0v) is 8.48. The second-order valence-electron chi connectivity index (χ2n) is 3.92. The van der Waals surface area contributed by atoms with Crippen LogP contribution < -0.4 is 0 Å². The van der Waals surface area contributed by atoms with E-state index >= 15 is 0 Å². The zero-order chi connectivity index (χ0) is 10.1. The molecule has 0 atom stereocenters. The molecule has 2 heteroatoms. The third-order valence-electron chi connectivity index (χ3n) is 2.89. The Labute approximate surface area is 89.0 Å². The molecule has 1 aliphatic rings. The summed E-state index contributed by atoms with van der Waals surface area (Å²) in [7, 11) is 0. The highest BCUT2D eigenvalue weighted by Crippen LogP contribution is 2.23. The van der Waals surface area contributed by atoms with E-state index in [4.69, 9.17) is 0 Å². The van der Waals surface area contributed by atoms with Crippen molar-refractivity contribution in [1.82, 2.24) is 10.2 Å². The van der Waals surface area contributed by atoms with Gasteiger partial charge in [-0.3, -0.25) is 0 Å². The lowest BCUT2D eigenvalue weighted by Crippen LogP contribution is -1.94. The fraction of sp³-hybridized carbons (Fsp3) is 0.231. The van der Waals surface area contributed by atoms with Gasteiger partial charge in [0.05, 0.1) is 11.4 Å². The smallest absolute Gasteiger partial charge is 0.0932 e. The molecule has 0 aliphatic heterocycles. The molecule has 2 nitrogen and oxygen atoms in total. The Morgan fingerprint density at radius 1 is 0.933 bits per heavy atom. The lowest BCUT2D eigenvalue weighted by Gasteiger charge is -2.02. The number of aromatic nitrogens is 2. The molecule has 0 amide bonds. The van der Waals surface area contributed by atoms with Crippen molar-refractivity contribution >= 4 is 0 Å². The quantitative estimate of drug-likeness (QED) is 0.700. The number of aryl methyl sites for hydroxylation is 2. The molecular weight excluding hydrogens is 184 g/mol. The van der Waals surface area contributed by atoms with Crippen molar-refractivity contribution in [3.05, 3.63) is 47.7 Å². The maximum atomic E-state index is 4.29. The minimum Gasteiger partial charge on any atom is -0.155 e. The topological polar surface area (TPSA) is 25.8 Å². The Morgan fingerprint density at radius 2 is 1.80 bits per heavy atom. The Kier molecular flexibility index (Phi) is 1.98. The number of rotatable bonds is 1. The molecule has 1 heterocycles. The zero-order valence-electron chi connectivity index (χ0n) is 8.48. The minimum absolute atomic E-state index is 0.997. The van der Waals surface area contributed by atoms with Gasteiger partial charge in [-0.2, -0.15) is 10.2 Å². The Bertz CT molecular complexity index is 477. The monoisotopic (exact) mass is 196 g/mol. The maximum Gasteiger partial charge on any atom is 0.0932 e. The lowest BCUT2D eigenvalue weighted by atomic mass is 10.1. The molecule has 1 aromatic carbocycles. The van der Waals surface area contributed by atoms with Gasteiger partial charge in [-0.15, -0.1) is 0 Å². The van der Waals surface area contributed by atoms with E-state index in [0.717, 1.165) is 24.1 Å². The second kappa shape index (κ2) is 3.46. The standard InChI is InChI=1S/C13H12N2/c1-2-5-10(6-3-1)13-9-11-7-4-8-12(11)14-15-13/h1-3,5-6,9H,4,7-8H2. The summed E-state index contributed by atoms with van der Waals surface area (Å²) in [5, 5.41) is 8.56. The highest BCUT2D eigenvalue weighted by atomic mass is 15.1. The van der Waals surface area contributed by atoms with Crippen LogP contribution in [-0.4, -0.2) is 10.2 Å². The number of hydrogen-bond acceptors (Lipinski definition) is 2. The largest absolute Gasteiger partial charge is 0.155 e. The normalized spacial score (nSPS) is 13.9. The highest BCUT2D eigenvalue weighted by Gasteiger charge is 2.13. The SMILES string of the molecule is c1ccc(-c2cc3c(nn2)CCC3)cc1. The van der Waals surface area contributed by atoms with Gasteiger partial charge in [-0.1, -0.05) is 30.3 Å². The van der Waals surface area contributed by atoms with E-state index in [0.29, 0.717) is 0 Å². The van der Waals surface area contributed by atoms with Crippen molar-refractivity contribution in [3.8, 4) is 11.3 Å². The van der Waals surface area contributed by atoms with Gasteiger partial charge in [0.2, 0.25) is 0 Å². The van der Waals surface area contributed by atoms with Crippen LogP contribution in [0.1, 0.15) is 17.7 Å². The molecule has 0 N–H and O–H groups in total. The molecule has 0 radical (unpaired) electrons. The van der Waals surface area contributed by atoms with Crippen molar-refractivity contribution in [3.63, 3.8) is 0 Å². The van der Waals surface area contributed by atoms with Gasteiger partial charge in [0.1, 0.15) is 0 Å². The molecule has 0 spiro atoms. The molecule has 0 saturated heterocycles. The molecule has 0 unspecified atom stereocenters. The summed E-state index contributed by atoms with van der Waals surface area (Å²) < 4.78 is 0. The molecule has 3 rings (SSSR count). The lowest BCUT2D eigenvalue weighted by molar-refractivity contribution is 0.880. The van der Waals surface area contributed by atoms with E-state index in [1.807, 2.05) is 18.2 Å². The molecule has 15 heavy (non-hydrogen) atoms. The summed E-state index contributed by atoms with van der Waals surface area (Å²) in [6, 6.07) is 12.4. The average Bonchev–Trinajstić information content (AvgIpc) is 2.77. The molecule has 74 valence electrons. The molecular formula is C13H12N2. The van der Waals surface area contributed by atoms with Gasteiger partial charge in [0.25, 0.3) is 0 Å². The minimum atomic E-state index is 0.997. The van der Waals surface area contributed by atoms with Crippen LogP contribution in [0.25, 0.3) is 11.3 Å². The highest BCUT2D eigenvalue weighted by molar-refractivity contribution is 5.59. The number of nitrogens with zero attached hydrogens (tertiary/aromatic N) is 2. The molecule has 1 aromatic heterocycles. The summed E-state index contributed by atoms with van der Waals surface area (Å²) in [5.41, 5.74) is 4.72. The average molecular weight is 196 g/mol. The Morgan fingerprint density at radius 3 is 2.67 bits per heavy atom. The van der Waals surface area contributed by atoms with Crippen molar-refractivity contribution in [1.29, 1.82) is 0 Å². The van der Waals surface area contributed by atoms with Crippen LogP contribution >= 0.6 is 0 Å². The summed E-state index contributed by atoms with van der Waals surface area (Å²) >= 11 is 0. The predicted molar refractivity (Wildman–Crippen MR) is 59.5 cm³/mol. The fourth-order valence-electron chi connectivity index (χ4n) is 2.08. The second-order valence-corrected chi connectivity index (χ2v) is 3.92. The molecule has 0 fully saturated rings. The van der Waals surface area contributed by atoms with Gasteiger partial charge in [0.15, 0.2) is 0 Å². The number of benzene rings is 1. The fourth-order valence-corrected chi connectivity index (χ4v) is 2.08. The Hall–Kier alpha value is -1.70. The van der Waals surface area contributed by atoms with Crippen LogP contribution in [0.3, 0.4) is 0 Å². The van der Waals surface area contributed by atoms with Gasteiger partial charge in [0, 0.05) is 5.56 Å². The van der Waals surface area contributed by atoms with Crippen LogP contribution in [0.5, 0.6) is 0 Å². The molecule has 1 aliphatic carbocycles. The van der Waals surface area contributed by atoms with Gasteiger partial charge in [-0.25, -0.2) is 0 Å². The van der Waals surface area contributed by atoms with Crippen LogP contribution in [0.15, 0.2) is 36.4 Å². The van der Waals surface area contributed by atoms with E-state index in [1.54, 1.807) is 0 Å². The van der Waals surface area contributed by atoms with Crippen molar-refractivity contribution < 1.29 is 0 Å². The molecule has 0 saturated carbocycles. The molecule has 0 bridgehead atoms. The number of fused-ring (bicyclic) bond motifs is 1. The third kappa shape index (κ3) is 1.52. The van der Waals surface area contributed by atoms with Crippen molar-refractivity contribution in [2.75, 3.05) is 0 Å². The van der Waals surface area contributed by atoms with E-state index in [2.05, 4.69) is 28.4 Å². The van der Waals surface area contributed by atoms with Gasteiger partial charge >= 0.3 is 0 Å². The third-order valence-corrected chi connectivity index (χ3v) is 2.89. The van der Waals surface area contributed by atoms with Crippen molar-refractivity contribution in [2.45, 2.75) is 19.3 Å². The van der Waals surface area contributed by atoms with Gasteiger partial charge < -0.3 is 0 Å².